The highest BCUT2D eigenvalue weighted by Gasteiger charge is 2.34. The lowest BCUT2D eigenvalue weighted by Gasteiger charge is -2.45. The summed E-state index contributed by atoms with van der Waals surface area (Å²) in [6.45, 7) is 9.69. The number of pyridine rings is 2. The summed E-state index contributed by atoms with van der Waals surface area (Å²) in [5.41, 5.74) is 3.56. The Kier molecular flexibility index (Phi) is 5.74. The second-order valence-electron chi connectivity index (χ2n) is 6.79. The minimum Gasteiger partial charge on any atom is -0.361 e. The maximum atomic E-state index is 12.6. The van der Waals surface area contributed by atoms with Gasteiger partial charge in [0.15, 0.2) is 0 Å². The molecular formula is C21H26N4O2. The number of hydrogen-bond donors (Lipinski definition) is 1. The molecular weight excluding hydrogens is 340 g/mol. The van der Waals surface area contributed by atoms with E-state index in [2.05, 4.69) is 41.4 Å². The number of carbonyl (C=O) groups excluding carboxylic acids is 1. The summed E-state index contributed by atoms with van der Waals surface area (Å²) in [4.78, 5) is 35.4. The van der Waals surface area contributed by atoms with Crippen LogP contribution in [0.2, 0.25) is 0 Å². The Hall–Kier alpha value is -2.89. The Morgan fingerprint density at radius 1 is 1.37 bits per heavy atom. The van der Waals surface area contributed by atoms with E-state index >= 15 is 0 Å². The van der Waals surface area contributed by atoms with E-state index < -0.39 is 0 Å². The van der Waals surface area contributed by atoms with Crippen LogP contribution in [0.15, 0.2) is 48.0 Å². The zero-order chi connectivity index (χ0) is 19.4. The number of likely N-dealkylation sites (tertiary alicyclic amines) is 1. The number of nitrogens with one attached hydrogen (secondary N) is 1. The van der Waals surface area contributed by atoms with Crippen molar-refractivity contribution in [2.45, 2.75) is 32.7 Å². The van der Waals surface area contributed by atoms with Crippen LogP contribution in [0.4, 0.5) is 5.69 Å². The highest BCUT2D eigenvalue weighted by atomic mass is 16.2. The second-order valence-corrected chi connectivity index (χ2v) is 6.79. The van der Waals surface area contributed by atoms with Gasteiger partial charge in [-0.15, -0.1) is 0 Å². The van der Waals surface area contributed by atoms with E-state index in [1.807, 2.05) is 12.1 Å². The third-order valence-electron chi connectivity index (χ3n) is 4.96. The Bertz CT molecular complexity index is 884. The molecule has 1 N–H and O–H groups in total. The van der Waals surface area contributed by atoms with E-state index in [0.29, 0.717) is 18.8 Å². The van der Waals surface area contributed by atoms with Crippen molar-refractivity contribution in [3.8, 4) is 11.1 Å². The molecule has 1 amide bonds. The van der Waals surface area contributed by atoms with E-state index in [1.165, 1.54) is 6.08 Å². The summed E-state index contributed by atoms with van der Waals surface area (Å²) < 4.78 is 0. The molecule has 0 radical (unpaired) electrons. The van der Waals surface area contributed by atoms with E-state index in [9.17, 15) is 9.59 Å². The molecule has 0 bridgehead atoms. The highest BCUT2D eigenvalue weighted by molar-refractivity contribution is 5.87. The Morgan fingerprint density at radius 3 is 2.81 bits per heavy atom. The number of amides is 1. The number of anilines is 1. The van der Waals surface area contributed by atoms with Gasteiger partial charge >= 0.3 is 0 Å². The molecule has 142 valence electrons. The molecule has 1 fully saturated rings. The van der Waals surface area contributed by atoms with Crippen LogP contribution in [-0.2, 0) is 11.2 Å². The fourth-order valence-electron chi connectivity index (χ4n) is 3.40. The van der Waals surface area contributed by atoms with E-state index in [4.69, 9.17) is 0 Å². The molecule has 6 heteroatoms. The fourth-order valence-corrected chi connectivity index (χ4v) is 3.40. The van der Waals surface area contributed by atoms with Crippen LogP contribution >= 0.6 is 0 Å². The number of nitrogens with zero attached hydrogens (tertiary/aromatic N) is 3. The van der Waals surface area contributed by atoms with Crippen LogP contribution in [0.1, 0.15) is 26.0 Å². The van der Waals surface area contributed by atoms with Crippen LogP contribution in [0, 0.1) is 0 Å². The molecule has 1 aliphatic heterocycles. The molecule has 2 aromatic heterocycles. The minimum atomic E-state index is -0.106. The predicted molar refractivity (Wildman–Crippen MR) is 108 cm³/mol. The molecule has 27 heavy (non-hydrogen) atoms. The number of aryl methyl sites for hydroxylation is 1. The molecule has 0 aromatic carbocycles. The number of rotatable bonds is 7. The molecule has 0 atom stereocenters. The molecule has 2 aromatic rings. The van der Waals surface area contributed by atoms with Gasteiger partial charge < -0.3 is 14.8 Å². The van der Waals surface area contributed by atoms with Crippen molar-refractivity contribution in [3.63, 3.8) is 0 Å². The summed E-state index contributed by atoms with van der Waals surface area (Å²) in [5, 5.41) is 0. The summed E-state index contributed by atoms with van der Waals surface area (Å²) in [6, 6.07) is 6.10. The maximum Gasteiger partial charge on any atom is 0.271 e. The number of H-pyrrole nitrogens is 1. The Morgan fingerprint density at radius 2 is 2.15 bits per heavy atom. The summed E-state index contributed by atoms with van der Waals surface area (Å²) in [7, 11) is 0. The van der Waals surface area contributed by atoms with Crippen LogP contribution in [-0.4, -0.2) is 46.5 Å². The van der Waals surface area contributed by atoms with Gasteiger partial charge in [0.1, 0.15) is 5.69 Å². The standard InChI is InChI=1S/C21H26N4O2/c1-4-9-25(18-13-24(14-18)20(26)6-3)19-11-16(12-23-21(19)27)15-7-8-22-17(5-2)10-15/h6-8,10-12,18H,3-5,9,13-14H2,1-2H3,(H,23,27). The van der Waals surface area contributed by atoms with Crippen molar-refractivity contribution in [1.82, 2.24) is 14.9 Å². The zero-order valence-electron chi connectivity index (χ0n) is 15.9. The van der Waals surface area contributed by atoms with Crippen molar-refractivity contribution in [3.05, 3.63) is 59.3 Å². The first-order chi connectivity index (χ1) is 13.1. The maximum absolute atomic E-state index is 12.6. The molecule has 0 unspecified atom stereocenters. The molecule has 0 spiro atoms. The van der Waals surface area contributed by atoms with Gasteiger partial charge in [0.25, 0.3) is 5.56 Å². The minimum absolute atomic E-state index is 0.0609. The largest absolute Gasteiger partial charge is 0.361 e. The Labute approximate surface area is 159 Å². The van der Waals surface area contributed by atoms with Gasteiger partial charge in [0.05, 0.1) is 6.04 Å². The zero-order valence-corrected chi connectivity index (χ0v) is 15.9. The molecule has 3 rings (SSSR count). The van der Waals surface area contributed by atoms with Crippen molar-refractivity contribution in [1.29, 1.82) is 0 Å². The highest BCUT2D eigenvalue weighted by Crippen LogP contribution is 2.25. The van der Waals surface area contributed by atoms with Gasteiger partial charge in [0, 0.05) is 43.3 Å². The quantitative estimate of drug-likeness (QED) is 0.765. The number of aromatic nitrogens is 2. The van der Waals surface area contributed by atoms with Crippen molar-refractivity contribution in [2.24, 2.45) is 0 Å². The fraction of sp³-hybridized carbons (Fsp3) is 0.381. The van der Waals surface area contributed by atoms with Crippen molar-refractivity contribution >= 4 is 11.6 Å². The second kappa shape index (κ2) is 8.20. The van der Waals surface area contributed by atoms with E-state index in [1.54, 1.807) is 17.3 Å². The van der Waals surface area contributed by atoms with Gasteiger partial charge in [0.2, 0.25) is 5.91 Å². The third-order valence-corrected chi connectivity index (χ3v) is 4.96. The van der Waals surface area contributed by atoms with Gasteiger partial charge in [-0.3, -0.25) is 14.6 Å². The van der Waals surface area contributed by atoms with Crippen LogP contribution in [0.5, 0.6) is 0 Å². The third kappa shape index (κ3) is 3.94. The van der Waals surface area contributed by atoms with Crippen LogP contribution in [0.3, 0.4) is 0 Å². The first kappa shape index (κ1) is 18.9. The SMILES string of the molecule is C=CC(=O)N1CC(N(CCC)c2cc(-c3ccnc(CC)c3)c[nH]c2=O)C1. The van der Waals surface area contributed by atoms with Crippen LogP contribution < -0.4 is 10.5 Å². The monoisotopic (exact) mass is 366 g/mol. The number of aromatic amines is 1. The Balaban J connectivity index is 1.90. The summed E-state index contributed by atoms with van der Waals surface area (Å²) in [5.74, 6) is -0.0609. The smallest absolute Gasteiger partial charge is 0.271 e. The first-order valence-electron chi connectivity index (χ1n) is 9.43. The molecule has 1 saturated heterocycles. The normalized spacial score (nSPS) is 13.9. The summed E-state index contributed by atoms with van der Waals surface area (Å²) >= 11 is 0. The predicted octanol–water partition coefficient (Wildman–Crippen LogP) is 2.61. The van der Waals surface area contributed by atoms with E-state index in [-0.39, 0.29) is 17.5 Å². The van der Waals surface area contributed by atoms with Gasteiger partial charge in [-0.05, 0) is 42.7 Å². The first-order valence-corrected chi connectivity index (χ1v) is 9.43. The van der Waals surface area contributed by atoms with Gasteiger partial charge in [-0.1, -0.05) is 20.4 Å². The van der Waals surface area contributed by atoms with Gasteiger partial charge in [-0.2, -0.15) is 0 Å². The molecule has 0 aliphatic carbocycles. The van der Waals surface area contributed by atoms with E-state index in [0.717, 1.165) is 36.2 Å². The van der Waals surface area contributed by atoms with Crippen molar-refractivity contribution in [2.75, 3.05) is 24.5 Å². The lowest BCUT2D eigenvalue weighted by atomic mass is 10.0. The molecule has 1 aliphatic rings. The number of carbonyl (C=O) groups is 1. The average Bonchev–Trinajstić information content (AvgIpc) is 2.66. The van der Waals surface area contributed by atoms with Crippen LogP contribution in [0.25, 0.3) is 11.1 Å². The lowest BCUT2D eigenvalue weighted by molar-refractivity contribution is -0.130. The molecule has 3 heterocycles. The summed E-state index contributed by atoms with van der Waals surface area (Å²) in [6.07, 6.45) is 6.67. The molecule has 0 saturated carbocycles. The lowest BCUT2D eigenvalue weighted by Crippen LogP contribution is -2.61. The molecule has 6 nitrogen and oxygen atoms in total. The van der Waals surface area contributed by atoms with Crippen molar-refractivity contribution < 1.29 is 4.79 Å². The topological polar surface area (TPSA) is 69.3 Å². The number of hydrogen-bond acceptors (Lipinski definition) is 4. The van der Waals surface area contributed by atoms with Gasteiger partial charge in [-0.25, -0.2) is 0 Å². The average molecular weight is 366 g/mol.